The minimum Gasteiger partial charge on any atom is -0.465 e. The van der Waals surface area contributed by atoms with Gasteiger partial charge < -0.3 is 4.74 Å². The van der Waals surface area contributed by atoms with Gasteiger partial charge in [0.05, 0.1) is 6.61 Å². The topological polar surface area (TPSA) is 26.3 Å². The van der Waals surface area contributed by atoms with Gasteiger partial charge >= 0.3 is 5.97 Å². The summed E-state index contributed by atoms with van der Waals surface area (Å²) in [7, 11) is 0. The zero-order valence-electron chi connectivity index (χ0n) is 18.5. The van der Waals surface area contributed by atoms with Crippen LogP contribution in [0.3, 0.4) is 0 Å². The molecule has 0 rings (SSSR count). The van der Waals surface area contributed by atoms with Gasteiger partial charge in [-0.15, -0.1) is 0 Å². The molecule has 0 aliphatic heterocycles. The number of carbonyl (C=O) groups excluding carboxylic acids is 1. The van der Waals surface area contributed by atoms with E-state index in [1.165, 1.54) is 89.9 Å². The molecule has 2 heteroatoms. The highest BCUT2D eigenvalue weighted by Gasteiger charge is 2.12. The van der Waals surface area contributed by atoms with Gasteiger partial charge in [-0.1, -0.05) is 105 Å². The lowest BCUT2D eigenvalue weighted by atomic mass is 9.95. The normalized spacial score (nSPS) is 12.5. The fraction of sp³-hybridized carbons (Fsp3) is 0.958. The first-order valence-corrected chi connectivity index (χ1v) is 11.8. The fourth-order valence-electron chi connectivity index (χ4n) is 3.50. The van der Waals surface area contributed by atoms with E-state index < -0.39 is 0 Å². The van der Waals surface area contributed by atoms with Crippen molar-refractivity contribution in [3.8, 4) is 0 Å². The third kappa shape index (κ3) is 18.3. The van der Waals surface area contributed by atoms with Crippen molar-refractivity contribution in [1.82, 2.24) is 0 Å². The Bertz CT molecular complexity index is 299. The van der Waals surface area contributed by atoms with Crippen LogP contribution in [0.25, 0.3) is 0 Å². The van der Waals surface area contributed by atoms with E-state index >= 15 is 0 Å². The second-order valence-electron chi connectivity index (χ2n) is 8.59. The van der Waals surface area contributed by atoms with Gasteiger partial charge in [-0.3, -0.25) is 4.79 Å². The van der Waals surface area contributed by atoms with Crippen molar-refractivity contribution in [3.05, 3.63) is 0 Å². The van der Waals surface area contributed by atoms with Gasteiger partial charge in [-0.05, 0) is 31.1 Å². The van der Waals surface area contributed by atoms with Gasteiger partial charge in [0.1, 0.15) is 0 Å². The first kappa shape index (κ1) is 25.5. The minimum absolute atomic E-state index is 0.0200. The quantitative estimate of drug-likeness (QED) is 0.170. The number of hydrogen-bond acceptors (Lipinski definition) is 2. The van der Waals surface area contributed by atoms with Crippen LogP contribution in [0.5, 0.6) is 0 Å². The Hall–Kier alpha value is -0.530. The van der Waals surface area contributed by atoms with E-state index in [1.807, 2.05) is 0 Å². The summed E-state index contributed by atoms with van der Waals surface area (Å²) >= 11 is 0. The molecule has 0 amide bonds. The Kier molecular flexibility index (Phi) is 18.8. The van der Waals surface area contributed by atoms with Gasteiger partial charge in [0.2, 0.25) is 0 Å². The summed E-state index contributed by atoms with van der Waals surface area (Å²) in [4.78, 5) is 11.9. The van der Waals surface area contributed by atoms with E-state index in [0.29, 0.717) is 18.9 Å². The maximum atomic E-state index is 11.9. The molecule has 1 unspecified atom stereocenters. The van der Waals surface area contributed by atoms with Crippen molar-refractivity contribution >= 4 is 5.97 Å². The lowest BCUT2D eigenvalue weighted by Gasteiger charge is -2.17. The first-order valence-electron chi connectivity index (χ1n) is 11.8. The molecule has 0 heterocycles. The first-order chi connectivity index (χ1) is 12.6. The summed E-state index contributed by atoms with van der Waals surface area (Å²) < 4.78 is 5.54. The third-order valence-electron chi connectivity index (χ3n) is 5.31. The van der Waals surface area contributed by atoms with Gasteiger partial charge in [-0.2, -0.15) is 0 Å². The van der Waals surface area contributed by atoms with Crippen LogP contribution in [0, 0.1) is 11.8 Å². The molecule has 2 nitrogen and oxygen atoms in total. The highest BCUT2D eigenvalue weighted by atomic mass is 16.5. The summed E-state index contributed by atoms with van der Waals surface area (Å²) in [6, 6.07) is 0. The molecule has 0 bridgehead atoms. The van der Waals surface area contributed by atoms with Gasteiger partial charge in [0.15, 0.2) is 0 Å². The molecule has 0 aliphatic rings. The Morgan fingerprint density at radius 1 is 0.692 bits per heavy atom. The van der Waals surface area contributed by atoms with Crippen LogP contribution in [0.4, 0.5) is 0 Å². The summed E-state index contributed by atoms with van der Waals surface area (Å²) in [6.45, 7) is 9.65. The molecule has 0 aromatic rings. The number of carbonyl (C=O) groups is 1. The Labute approximate surface area is 164 Å². The number of esters is 1. The predicted molar refractivity (Wildman–Crippen MR) is 115 cm³/mol. The molecule has 0 radical (unpaired) electrons. The SMILES string of the molecule is CCCCCCCCCCCCCC(=O)OCC(CCC)CCC(C)C. The summed E-state index contributed by atoms with van der Waals surface area (Å²) in [5.41, 5.74) is 0. The molecule has 0 aromatic heterocycles. The lowest BCUT2D eigenvalue weighted by Crippen LogP contribution is -2.15. The Balaban J connectivity index is 3.49. The van der Waals surface area contributed by atoms with Crippen molar-refractivity contribution in [2.24, 2.45) is 11.8 Å². The van der Waals surface area contributed by atoms with Gasteiger partial charge in [0.25, 0.3) is 0 Å². The summed E-state index contributed by atoms with van der Waals surface area (Å²) in [5.74, 6) is 1.32. The molecule has 26 heavy (non-hydrogen) atoms. The monoisotopic (exact) mass is 368 g/mol. The van der Waals surface area contributed by atoms with E-state index in [0.717, 1.165) is 12.3 Å². The van der Waals surface area contributed by atoms with Crippen LogP contribution in [0.1, 0.15) is 130 Å². The molecule has 0 saturated carbocycles. The van der Waals surface area contributed by atoms with Crippen LogP contribution < -0.4 is 0 Å². The highest BCUT2D eigenvalue weighted by Crippen LogP contribution is 2.18. The number of hydrogen-bond donors (Lipinski definition) is 0. The smallest absolute Gasteiger partial charge is 0.305 e. The van der Waals surface area contributed by atoms with E-state index in [2.05, 4.69) is 27.7 Å². The Morgan fingerprint density at radius 2 is 1.23 bits per heavy atom. The largest absolute Gasteiger partial charge is 0.465 e. The zero-order valence-corrected chi connectivity index (χ0v) is 18.5. The van der Waals surface area contributed by atoms with Crippen LogP contribution in [-0.2, 0) is 9.53 Å². The second-order valence-corrected chi connectivity index (χ2v) is 8.59. The summed E-state index contributed by atoms with van der Waals surface area (Å²) in [6.07, 6.45) is 19.9. The molecular weight excluding hydrogens is 320 g/mol. The molecule has 0 saturated heterocycles. The molecule has 0 spiro atoms. The second kappa shape index (κ2) is 19.2. The zero-order chi connectivity index (χ0) is 19.5. The van der Waals surface area contributed by atoms with Gasteiger partial charge in [0, 0.05) is 6.42 Å². The standard InChI is InChI=1S/C24H48O2/c1-5-7-8-9-10-11-12-13-14-15-16-18-24(25)26-21-23(17-6-2)20-19-22(3)4/h22-23H,5-21H2,1-4H3. The van der Waals surface area contributed by atoms with Crippen LogP contribution in [-0.4, -0.2) is 12.6 Å². The predicted octanol–water partition coefficient (Wildman–Crippen LogP) is 8.08. The fourth-order valence-corrected chi connectivity index (χ4v) is 3.50. The van der Waals surface area contributed by atoms with Crippen molar-refractivity contribution < 1.29 is 9.53 Å². The van der Waals surface area contributed by atoms with Crippen molar-refractivity contribution in [1.29, 1.82) is 0 Å². The van der Waals surface area contributed by atoms with Crippen LogP contribution in [0.2, 0.25) is 0 Å². The lowest BCUT2D eigenvalue weighted by molar-refractivity contribution is -0.145. The highest BCUT2D eigenvalue weighted by molar-refractivity contribution is 5.69. The summed E-state index contributed by atoms with van der Waals surface area (Å²) in [5, 5.41) is 0. The van der Waals surface area contributed by atoms with Crippen molar-refractivity contribution in [2.75, 3.05) is 6.61 Å². The van der Waals surface area contributed by atoms with E-state index in [1.54, 1.807) is 0 Å². The van der Waals surface area contributed by atoms with Crippen molar-refractivity contribution in [3.63, 3.8) is 0 Å². The van der Waals surface area contributed by atoms with Crippen molar-refractivity contribution in [2.45, 2.75) is 130 Å². The average Bonchev–Trinajstić information content (AvgIpc) is 2.61. The average molecular weight is 369 g/mol. The van der Waals surface area contributed by atoms with Crippen LogP contribution in [0.15, 0.2) is 0 Å². The van der Waals surface area contributed by atoms with E-state index in [-0.39, 0.29) is 5.97 Å². The molecule has 0 aromatic carbocycles. The Morgan fingerprint density at radius 3 is 1.73 bits per heavy atom. The number of ether oxygens (including phenoxy) is 1. The number of unbranched alkanes of at least 4 members (excludes halogenated alkanes) is 10. The maximum Gasteiger partial charge on any atom is 0.305 e. The van der Waals surface area contributed by atoms with E-state index in [9.17, 15) is 4.79 Å². The van der Waals surface area contributed by atoms with Gasteiger partial charge in [-0.25, -0.2) is 0 Å². The molecule has 1 atom stereocenters. The molecule has 0 fully saturated rings. The third-order valence-corrected chi connectivity index (χ3v) is 5.31. The molecule has 0 N–H and O–H groups in total. The molecule has 0 aliphatic carbocycles. The minimum atomic E-state index is 0.0200. The van der Waals surface area contributed by atoms with Crippen LogP contribution >= 0.6 is 0 Å². The number of rotatable bonds is 19. The maximum absolute atomic E-state index is 11.9. The molecular formula is C24H48O2. The van der Waals surface area contributed by atoms with E-state index in [4.69, 9.17) is 4.74 Å². The molecule has 156 valence electrons.